The molecule has 0 spiro atoms. The first-order valence-electron chi connectivity index (χ1n) is 16.5. The van der Waals surface area contributed by atoms with E-state index in [-0.39, 0.29) is 53.3 Å². The molecule has 262 valence electrons. The van der Waals surface area contributed by atoms with Crippen LogP contribution in [0.4, 0.5) is 5.69 Å². The number of carbonyl (C=O) groups excluding carboxylic acids is 2. The van der Waals surface area contributed by atoms with Crippen LogP contribution in [0.5, 0.6) is 5.75 Å². The molecule has 2 aromatic carbocycles. The summed E-state index contributed by atoms with van der Waals surface area (Å²) in [6, 6.07) is 10.7. The highest BCUT2D eigenvalue weighted by molar-refractivity contribution is 7.92. The fourth-order valence-corrected chi connectivity index (χ4v) is 6.54. The van der Waals surface area contributed by atoms with Gasteiger partial charge in [-0.25, -0.2) is 8.42 Å². The highest BCUT2D eigenvalue weighted by Crippen LogP contribution is 2.29. The number of amides is 2. The van der Waals surface area contributed by atoms with E-state index in [1.807, 2.05) is 34.9 Å². The fraction of sp³-hybridized carbons (Fsp3) is 0.600. The fourth-order valence-electron chi connectivity index (χ4n) is 5.49. The van der Waals surface area contributed by atoms with Gasteiger partial charge in [0.2, 0.25) is 5.91 Å². The topological polar surface area (TPSA) is 129 Å². The Bertz CT molecular complexity index is 1420. The van der Waals surface area contributed by atoms with E-state index in [0.29, 0.717) is 25.3 Å². The third kappa shape index (κ3) is 11.5. The number of aliphatic hydroxyl groups excluding tert-OH is 1. The molecule has 4 atom stereocenters. The van der Waals surface area contributed by atoms with Crippen molar-refractivity contribution in [2.24, 2.45) is 5.92 Å². The van der Waals surface area contributed by atoms with Crippen LogP contribution in [0, 0.1) is 12.8 Å². The van der Waals surface area contributed by atoms with Crippen molar-refractivity contribution in [3.05, 3.63) is 53.6 Å². The first-order valence-corrected chi connectivity index (χ1v) is 18.0. The van der Waals surface area contributed by atoms with E-state index in [1.54, 1.807) is 48.0 Å². The van der Waals surface area contributed by atoms with Crippen LogP contribution in [-0.4, -0.2) is 112 Å². The van der Waals surface area contributed by atoms with Crippen LogP contribution in [0.1, 0.15) is 68.8 Å². The number of aliphatic hydroxyl groups is 1. The van der Waals surface area contributed by atoms with Gasteiger partial charge in [0.15, 0.2) is 0 Å². The van der Waals surface area contributed by atoms with E-state index >= 15 is 0 Å². The molecule has 2 N–H and O–H groups in total. The molecule has 0 aliphatic carbocycles. The van der Waals surface area contributed by atoms with Crippen molar-refractivity contribution in [3.8, 4) is 5.75 Å². The van der Waals surface area contributed by atoms with E-state index in [4.69, 9.17) is 9.47 Å². The Morgan fingerprint density at radius 2 is 1.81 bits per heavy atom. The van der Waals surface area contributed by atoms with Crippen molar-refractivity contribution < 1.29 is 32.6 Å². The normalized spacial score (nSPS) is 20.6. The van der Waals surface area contributed by atoms with Crippen LogP contribution in [0.2, 0.25) is 0 Å². The lowest BCUT2D eigenvalue weighted by Gasteiger charge is -2.36. The number of ether oxygens (including phenoxy) is 2. The van der Waals surface area contributed by atoms with Gasteiger partial charge in [-0.1, -0.05) is 24.6 Å². The lowest BCUT2D eigenvalue weighted by Crippen LogP contribution is -2.48. The number of carbonyl (C=O) groups is 2. The maximum absolute atomic E-state index is 14.3. The molecule has 0 aromatic heterocycles. The van der Waals surface area contributed by atoms with Crippen LogP contribution in [0.3, 0.4) is 0 Å². The first-order chi connectivity index (χ1) is 22.2. The number of hydrogen-bond acceptors (Lipinski definition) is 8. The summed E-state index contributed by atoms with van der Waals surface area (Å²) in [7, 11) is 1.83. The smallest absolute Gasteiger partial charge is 0.261 e. The molecule has 0 radical (unpaired) electrons. The van der Waals surface area contributed by atoms with E-state index in [9.17, 15) is 23.1 Å². The largest absolute Gasteiger partial charge is 0.490 e. The van der Waals surface area contributed by atoms with Gasteiger partial charge in [-0.3, -0.25) is 14.3 Å². The average molecular weight is 675 g/mol. The number of benzene rings is 2. The van der Waals surface area contributed by atoms with E-state index in [1.165, 1.54) is 18.2 Å². The van der Waals surface area contributed by atoms with Gasteiger partial charge in [0.05, 0.1) is 35.3 Å². The highest BCUT2D eigenvalue weighted by atomic mass is 32.2. The molecular weight excluding hydrogens is 620 g/mol. The quantitative estimate of drug-likeness (QED) is 0.359. The van der Waals surface area contributed by atoms with Gasteiger partial charge in [0.1, 0.15) is 5.75 Å². The van der Waals surface area contributed by atoms with Gasteiger partial charge in [-0.2, -0.15) is 0 Å². The van der Waals surface area contributed by atoms with Crippen molar-refractivity contribution in [1.82, 2.24) is 14.7 Å². The van der Waals surface area contributed by atoms with Crippen LogP contribution in [-0.2, 0) is 19.6 Å². The van der Waals surface area contributed by atoms with Crippen molar-refractivity contribution >= 4 is 27.5 Å². The van der Waals surface area contributed by atoms with Crippen LogP contribution < -0.4 is 9.46 Å². The summed E-state index contributed by atoms with van der Waals surface area (Å²) in [4.78, 5) is 32.7. The van der Waals surface area contributed by atoms with Crippen molar-refractivity contribution in [3.63, 3.8) is 0 Å². The highest BCUT2D eigenvalue weighted by Gasteiger charge is 2.31. The standard InChI is InChI=1S/C35H54N4O7S/c1-25-13-16-30(17-14-25)47(43,44)36-29-15-18-32-31(21-29)35(42)39(27(3)24-40)22-26(2)33(45-20-9-8-11-28(4)46-32)23-38(7)34(41)12-10-19-37(5)6/h13-18,21,26-28,33,36,40H,8-12,19-20,22-24H2,1-7H3/t26-,27+,28+,33+/m0/s1. The Kier molecular flexibility index (Phi) is 14.5. The summed E-state index contributed by atoms with van der Waals surface area (Å²) in [6.07, 6.45) is 3.00. The number of fused-ring (bicyclic) bond motifs is 1. The van der Waals surface area contributed by atoms with Crippen LogP contribution >= 0.6 is 0 Å². The summed E-state index contributed by atoms with van der Waals surface area (Å²) < 4.78 is 41.6. The van der Waals surface area contributed by atoms with Crippen molar-refractivity contribution in [2.45, 2.75) is 82.9 Å². The van der Waals surface area contributed by atoms with Crippen molar-refractivity contribution in [1.29, 1.82) is 0 Å². The molecule has 12 heteroatoms. The number of aryl methyl sites for hydroxylation is 1. The predicted octanol–water partition coefficient (Wildman–Crippen LogP) is 4.39. The molecule has 0 bridgehead atoms. The Balaban J connectivity index is 1.93. The van der Waals surface area contributed by atoms with Crippen LogP contribution in [0.15, 0.2) is 47.4 Å². The molecule has 11 nitrogen and oxygen atoms in total. The summed E-state index contributed by atoms with van der Waals surface area (Å²) in [5.41, 5.74) is 1.34. The number of nitrogens with one attached hydrogen (secondary N) is 1. The Labute approximate surface area is 281 Å². The molecule has 1 aliphatic rings. The molecule has 0 saturated heterocycles. The SMILES string of the molecule is Cc1ccc(S(=O)(=O)Nc2ccc3c(c2)C(=O)N([C@H](C)CO)C[C@H](C)[C@@H](CN(C)C(=O)CCCN(C)C)OCCCC[C@@H](C)O3)cc1. The van der Waals surface area contributed by atoms with Gasteiger partial charge in [0, 0.05) is 44.8 Å². The number of likely N-dealkylation sites (N-methyl/N-ethyl adjacent to an activating group) is 1. The molecule has 1 heterocycles. The summed E-state index contributed by atoms with van der Waals surface area (Å²) >= 11 is 0. The Hall–Kier alpha value is -3.19. The van der Waals surface area contributed by atoms with E-state index in [0.717, 1.165) is 37.8 Å². The zero-order chi connectivity index (χ0) is 34.7. The lowest BCUT2D eigenvalue weighted by atomic mass is 10.0. The number of hydrogen-bond donors (Lipinski definition) is 2. The average Bonchev–Trinajstić information content (AvgIpc) is 3.02. The molecule has 3 rings (SSSR count). The zero-order valence-electron chi connectivity index (χ0n) is 29.1. The van der Waals surface area contributed by atoms with Gasteiger partial charge in [-0.15, -0.1) is 0 Å². The maximum Gasteiger partial charge on any atom is 0.261 e. The van der Waals surface area contributed by atoms with E-state index in [2.05, 4.69) is 9.62 Å². The van der Waals surface area contributed by atoms with Gasteiger partial charge < -0.3 is 29.3 Å². The van der Waals surface area contributed by atoms with Crippen molar-refractivity contribution in [2.75, 3.05) is 58.7 Å². The second-order valence-corrected chi connectivity index (χ2v) is 14.8. The predicted molar refractivity (Wildman–Crippen MR) is 184 cm³/mol. The summed E-state index contributed by atoms with van der Waals surface area (Å²) in [5, 5.41) is 10.2. The minimum Gasteiger partial charge on any atom is -0.490 e. The van der Waals surface area contributed by atoms with Gasteiger partial charge >= 0.3 is 0 Å². The maximum atomic E-state index is 14.3. The molecule has 2 aromatic rings. The molecule has 0 saturated carbocycles. The molecule has 0 unspecified atom stereocenters. The Morgan fingerprint density at radius 1 is 1.11 bits per heavy atom. The zero-order valence-corrected chi connectivity index (χ0v) is 29.9. The number of sulfonamides is 1. The van der Waals surface area contributed by atoms with Crippen LogP contribution in [0.25, 0.3) is 0 Å². The summed E-state index contributed by atoms with van der Waals surface area (Å²) in [5.74, 6) is -0.212. The molecular formula is C35H54N4O7S. The third-order valence-corrected chi connectivity index (χ3v) is 9.91. The molecule has 0 fully saturated rings. The molecule has 2 amide bonds. The van der Waals surface area contributed by atoms with Gasteiger partial charge in [0.25, 0.3) is 15.9 Å². The molecule has 1 aliphatic heterocycles. The molecule has 47 heavy (non-hydrogen) atoms. The number of anilines is 1. The van der Waals surface area contributed by atoms with Gasteiger partial charge in [-0.05, 0) is 97.4 Å². The first kappa shape index (κ1) is 38.3. The second kappa shape index (κ2) is 17.8. The monoisotopic (exact) mass is 674 g/mol. The minimum atomic E-state index is -3.92. The number of nitrogens with zero attached hydrogens (tertiary/aromatic N) is 3. The third-order valence-electron chi connectivity index (χ3n) is 8.51. The summed E-state index contributed by atoms with van der Waals surface area (Å²) in [6.45, 7) is 9.23. The number of rotatable bonds is 11. The minimum absolute atomic E-state index is 0.0410. The second-order valence-electron chi connectivity index (χ2n) is 13.1. The van der Waals surface area contributed by atoms with E-state index < -0.39 is 22.0 Å². The lowest BCUT2D eigenvalue weighted by molar-refractivity contribution is -0.132. The Morgan fingerprint density at radius 3 is 2.47 bits per heavy atom.